The molecule has 0 unspecified atom stereocenters. The van der Waals surface area contributed by atoms with Crippen LogP contribution in [0, 0.1) is 5.82 Å². The Hall–Kier alpha value is -1.49. The number of rotatable bonds is 3. The first-order valence-corrected chi connectivity index (χ1v) is 6.53. The van der Waals surface area contributed by atoms with Crippen LogP contribution in [0.2, 0.25) is 0 Å². The van der Waals surface area contributed by atoms with Gasteiger partial charge in [-0.1, -0.05) is 0 Å². The minimum Gasteiger partial charge on any atom is -0.491 e. The molecule has 0 aliphatic carbocycles. The van der Waals surface area contributed by atoms with Gasteiger partial charge in [0.2, 0.25) is 0 Å². The van der Waals surface area contributed by atoms with E-state index in [2.05, 4.69) is 18.7 Å². The number of halogens is 1. The number of anilines is 2. The van der Waals surface area contributed by atoms with Gasteiger partial charge in [0.15, 0.2) is 11.6 Å². The lowest BCUT2D eigenvalue weighted by atomic mass is 10.0. The van der Waals surface area contributed by atoms with Crippen molar-refractivity contribution in [3.8, 4) is 5.75 Å². The van der Waals surface area contributed by atoms with E-state index in [4.69, 9.17) is 15.2 Å². The summed E-state index contributed by atoms with van der Waals surface area (Å²) in [5.74, 6) is -0.178. The van der Waals surface area contributed by atoms with E-state index in [-0.39, 0.29) is 11.3 Å². The lowest BCUT2D eigenvalue weighted by Gasteiger charge is -2.44. The second-order valence-electron chi connectivity index (χ2n) is 5.29. The largest absolute Gasteiger partial charge is 0.491 e. The molecule has 1 heterocycles. The number of hydrogen-bond acceptors (Lipinski definition) is 4. The van der Waals surface area contributed by atoms with Crippen molar-refractivity contribution >= 4 is 11.4 Å². The fourth-order valence-electron chi connectivity index (χ4n) is 2.36. The predicted molar refractivity (Wildman–Crippen MR) is 74.2 cm³/mol. The van der Waals surface area contributed by atoms with Crippen molar-refractivity contribution in [1.82, 2.24) is 0 Å². The molecule has 1 aliphatic rings. The summed E-state index contributed by atoms with van der Waals surface area (Å²) in [6, 6.07) is 3.01. The van der Waals surface area contributed by atoms with Gasteiger partial charge in [-0.25, -0.2) is 4.39 Å². The SMILES string of the molecule is CCOc1cc(N2CCOCC2(C)C)c(N)cc1F. The van der Waals surface area contributed by atoms with Crippen molar-refractivity contribution in [3.63, 3.8) is 0 Å². The molecular formula is C14H21FN2O2. The van der Waals surface area contributed by atoms with Gasteiger partial charge in [0.05, 0.1) is 36.7 Å². The van der Waals surface area contributed by atoms with Crippen molar-refractivity contribution in [3.05, 3.63) is 17.9 Å². The molecule has 0 saturated carbocycles. The Morgan fingerprint density at radius 2 is 2.21 bits per heavy atom. The van der Waals surface area contributed by atoms with Crippen LogP contribution in [0.15, 0.2) is 12.1 Å². The molecule has 2 N–H and O–H groups in total. The minimum absolute atomic E-state index is 0.173. The molecule has 1 fully saturated rings. The third kappa shape index (κ3) is 2.76. The molecular weight excluding hydrogens is 247 g/mol. The van der Waals surface area contributed by atoms with Gasteiger partial charge in [0.25, 0.3) is 0 Å². The topological polar surface area (TPSA) is 47.7 Å². The molecule has 2 rings (SSSR count). The summed E-state index contributed by atoms with van der Waals surface area (Å²) >= 11 is 0. The van der Waals surface area contributed by atoms with Crippen LogP contribution >= 0.6 is 0 Å². The van der Waals surface area contributed by atoms with E-state index in [1.807, 2.05) is 6.92 Å². The summed E-state index contributed by atoms with van der Waals surface area (Å²) < 4.78 is 24.5. The first kappa shape index (κ1) is 13.9. The highest BCUT2D eigenvalue weighted by atomic mass is 19.1. The lowest BCUT2D eigenvalue weighted by molar-refractivity contribution is 0.0644. The van der Waals surface area contributed by atoms with E-state index in [0.29, 0.717) is 25.5 Å². The summed E-state index contributed by atoms with van der Waals surface area (Å²) in [5.41, 5.74) is 7.02. The Labute approximate surface area is 113 Å². The van der Waals surface area contributed by atoms with Gasteiger partial charge in [-0.2, -0.15) is 0 Å². The maximum atomic E-state index is 13.7. The smallest absolute Gasteiger partial charge is 0.167 e. The standard InChI is InChI=1S/C14H21FN2O2/c1-4-19-13-8-12(11(16)7-10(13)15)17-5-6-18-9-14(17,2)3/h7-8H,4-6,9,16H2,1-3H3. The van der Waals surface area contributed by atoms with Crippen LogP contribution in [0.5, 0.6) is 5.75 Å². The van der Waals surface area contributed by atoms with Gasteiger partial charge >= 0.3 is 0 Å². The summed E-state index contributed by atoms with van der Waals surface area (Å²) in [6.45, 7) is 8.40. The third-order valence-electron chi connectivity index (χ3n) is 3.32. The number of ether oxygens (including phenoxy) is 2. The second kappa shape index (κ2) is 5.25. The first-order valence-electron chi connectivity index (χ1n) is 6.53. The highest BCUT2D eigenvalue weighted by Crippen LogP contribution is 2.35. The van der Waals surface area contributed by atoms with Crippen LogP contribution in [0.3, 0.4) is 0 Å². The lowest BCUT2D eigenvalue weighted by Crippen LogP contribution is -2.53. The first-order chi connectivity index (χ1) is 8.95. The zero-order valence-electron chi connectivity index (χ0n) is 11.7. The van der Waals surface area contributed by atoms with Gasteiger partial charge in [-0.05, 0) is 20.8 Å². The fourth-order valence-corrected chi connectivity index (χ4v) is 2.36. The maximum absolute atomic E-state index is 13.7. The highest BCUT2D eigenvalue weighted by Gasteiger charge is 2.32. The van der Waals surface area contributed by atoms with Crippen LogP contribution in [0.4, 0.5) is 15.8 Å². The summed E-state index contributed by atoms with van der Waals surface area (Å²) in [7, 11) is 0. The molecule has 1 aromatic rings. The number of nitrogens with two attached hydrogens (primary N) is 1. The van der Waals surface area contributed by atoms with E-state index in [1.54, 1.807) is 6.07 Å². The molecule has 5 heteroatoms. The average Bonchev–Trinajstić information content (AvgIpc) is 2.33. The fraction of sp³-hybridized carbons (Fsp3) is 0.571. The quantitative estimate of drug-likeness (QED) is 0.855. The number of benzene rings is 1. The van der Waals surface area contributed by atoms with Gasteiger partial charge in [-0.15, -0.1) is 0 Å². The van der Waals surface area contributed by atoms with Crippen LogP contribution in [0.25, 0.3) is 0 Å². The summed E-state index contributed by atoms with van der Waals surface area (Å²) in [5, 5.41) is 0. The molecule has 0 amide bonds. The van der Waals surface area contributed by atoms with Crippen LogP contribution < -0.4 is 15.4 Å². The Morgan fingerprint density at radius 3 is 2.84 bits per heavy atom. The van der Waals surface area contributed by atoms with E-state index in [0.717, 1.165) is 12.2 Å². The summed E-state index contributed by atoms with van der Waals surface area (Å²) in [6.07, 6.45) is 0. The monoisotopic (exact) mass is 268 g/mol. The number of nitrogens with zero attached hydrogens (tertiary/aromatic N) is 1. The van der Waals surface area contributed by atoms with E-state index < -0.39 is 5.82 Å². The molecule has 0 spiro atoms. The number of hydrogen-bond donors (Lipinski definition) is 1. The van der Waals surface area contributed by atoms with E-state index in [1.165, 1.54) is 6.07 Å². The van der Waals surface area contributed by atoms with Crippen molar-refractivity contribution < 1.29 is 13.9 Å². The number of nitrogen functional groups attached to an aromatic ring is 1. The maximum Gasteiger partial charge on any atom is 0.167 e. The van der Waals surface area contributed by atoms with Gasteiger partial charge in [-0.3, -0.25) is 0 Å². The van der Waals surface area contributed by atoms with Crippen molar-refractivity contribution in [2.75, 3.05) is 37.0 Å². The van der Waals surface area contributed by atoms with E-state index in [9.17, 15) is 4.39 Å². The van der Waals surface area contributed by atoms with Gasteiger partial charge in [0, 0.05) is 18.7 Å². The normalized spacial score (nSPS) is 18.4. The van der Waals surface area contributed by atoms with Crippen LogP contribution in [0.1, 0.15) is 20.8 Å². The molecule has 0 aromatic heterocycles. The molecule has 19 heavy (non-hydrogen) atoms. The molecule has 0 radical (unpaired) electrons. The Balaban J connectivity index is 2.40. The Morgan fingerprint density at radius 1 is 1.47 bits per heavy atom. The van der Waals surface area contributed by atoms with Crippen molar-refractivity contribution in [1.29, 1.82) is 0 Å². The molecule has 1 saturated heterocycles. The van der Waals surface area contributed by atoms with Crippen LogP contribution in [-0.4, -0.2) is 31.9 Å². The molecule has 0 bridgehead atoms. The zero-order valence-corrected chi connectivity index (χ0v) is 11.7. The van der Waals surface area contributed by atoms with Crippen LogP contribution in [-0.2, 0) is 4.74 Å². The minimum atomic E-state index is -0.422. The predicted octanol–water partition coefficient (Wildman–Crippen LogP) is 2.42. The molecule has 1 aromatic carbocycles. The molecule has 106 valence electrons. The average molecular weight is 268 g/mol. The number of morpholine rings is 1. The van der Waals surface area contributed by atoms with Gasteiger partial charge < -0.3 is 20.1 Å². The Kier molecular flexibility index (Phi) is 3.85. The van der Waals surface area contributed by atoms with E-state index >= 15 is 0 Å². The molecule has 0 atom stereocenters. The Bertz CT molecular complexity index is 463. The summed E-state index contributed by atoms with van der Waals surface area (Å²) in [4.78, 5) is 2.15. The second-order valence-corrected chi connectivity index (χ2v) is 5.29. The molecule has 1 aliphatic heterocycles. The third-order valence-corrected chi connectivity index (χ3v) is 3.32. The van der Waals surface area contributed by atoms with Crippen molar-refractivity contribution in [2.24, 2.45) is 0 Å². The zero-order chi connectivity index (χ0) is 14.0. The van der Waals surface area contributed by atoms with Crippen molar-refractivity contribution in [2.45, 2.75) is 26.3 Å². The highest BCUT2D eigenvalue weighted by molar-refractivity contribution is 5.71. The van der Waals surface area contributed by atoms with Gasteiger partial charge in [0.1, 0.15) is 0 Å². The molecule has 4 nitrogen and oxygen atoms in total.